The number of aliphatic hydroxyl groups excluding tert-OH is 1. The third-order valence-corrected chi connectivity index (χ3v) is 5.60. The zero-order valence-corrected chi connectivity index (χ0v) is 20.8. The quantitative estimate of drug-likeness (QED) is 0.0545. The number of carboxylic acids is 1. The Balaban J connectivity index is 3.03. The average Bonchev–Trinajstić information content (AvgIpc) is 3.34. The summed E-state index contributed by atoms with van der Waals surface area (Å²) in [5.41, 5.74) is 17.1. The lowest BCUT2D eigenvalue weighted by Gasteiger charge is -2.24. The average molecular weight is 530 g/mol. The van der Waals surface area contributed by atoms with E-state index >= 15 is 0 Å². The van der Waals surface area contributed by atoms with Crippen molar-refractivity contribution in [2.45, 2.75) is 49.9 Å². The number of aromatic nitrogens is 2. The molecule has 0 bridgehead atoms. The van der Waals surface area contributed by atoms with E-state index in [1.165, 1.54) is 24.3 Å². The normalized spacial score (nSPS) is 14.1. The number of hydrogen-bond donors (Lipinski definition) is 9. The Kier molecular flexibility index (Phi) is 13.9. The monoisotopic (exact) mass is 529 g/mol. The first kappa shape index (κ1) is 30.7. The highest BCUT2D eigenvalue weighted by atomic mass is 32.2. The summed E-state index contributed by atoms with van der Waals surface area (Å²) in [6, 6.07) is -4.72. The molecule has 1 rings (SSSR count). The number of aliphatic hydroxyl groups is 1. The van der Waals surface area contributed by atoms with Gasteiger partial charge in [0, 0.05) is 24.9 Å². The van der Waals surface area contributed by atoms with Crippen LogP contribution in [0.1, 0.15) is 25.0 Å². The number of carbonyl (C=O) groups is 4. The lowest BCUT2D eigenvalue weighted by atomic mass is 10.1. The van der Waals surface area contributed by atoms with Crippen LogP contribution in [0, 0.1) is 0 Å². The smallest absolute Gasteiger partial charge is 0.328 e. The van der Waals surface area contributed by atoms with Gasteiger partial charge in [-0.1, -0.05) is 0 Å². The molecule has 0 saturated carbocycles. The first-order chi connectivity index (χ1) is 17.1. The first-order valence-electron chi connectivity index (χ1n) is 11.1. The fourth-order valence-electron chi connectivity index (χ4n) is 2.98. The minimum atomic E-state index is -1.57. The number of carboxylic acid groups (broad SMARTS) is 1. The van der Waals surface area contributed by atoms with E-state index in [1.807, 2.05) is 6.26 Å². The van der Waals surface area contributed by atoms with Gasteiger partial charge in [-0.2, -0.15) is 11.8 Å². The number of nitrogens with one attached hydrogen (secondary N) is 4. The van der Waals surface area contributed by atoms with Crippen molar-refractivity contribution in [3.8, 4) is 0 Å². The maximum Gasteiger partial charge on any atom is 0.328 e. The zero-order valence-electron chi connectivity index (χ0n) is 20.0. The molecule has 0 aliphatic rings. The van der Waals surface area contributed by atoms with Gasteiger partial charge in [-0.25, -0.2) is 9.78 Å². The number of nitrogens with two attached hydrogens (primary N) is 3. The number of guanidine groups is 1. The van der Waals surface area contributed by atoms with Gasteiger partial charge in [-0.15, -0.1) is 0 Å². The van der Waals surface area contributed by atoms with Crippen LogP contribution in [0.25, 0.3) is 0 Å². The van der Waals surface area contributed by atoms with Gasteiger partial charge in [-0.05, 0) is 31.3 Å². The van der Waals surface area contributed by atoms with Gasteiger partial charge >= 0.3 is 5.97 Å². The number of thioether (sulfide) groups is 1. The summed E-state index contributed by atoms with van der Waals surface area (Å²) >= 11 is 1.53. The van der Waals surface area contributed by atoms with Crippen LogP contribution in [0.3, 0.4) is 0 Å². The van der Waals surface area contributed by atoms with E-state index in [1.54, 1.807) is 0 Å². The van der Waals surface area contributed by atoms with Crippen molar-refractivity contribution >= 4 is 41.4 Å². The number of aliphatic carboxylic acids is 1. The molecule has 15 nitrogen and oxygen atoms in total. The summed E-state index contributed by atoms with van der Waals surface area (Å²) in [4.78, 5) is 60.3. The van der Waals surface area contributed by atoms with Crippen LogP contribution in [0.4, 0.5) is 0 Å². The molecule has 4 unspecified atom stereocenters. The van der Waals surface area contributed by atoms with Gasteiger partial charge in [0.2, 0.25) is 17.7 Å². The Hall–Kier alpha value is -3.37. The van der Waals surface area contributed by atoms with Crippen LogP contribution in [0.15, 0.2) is 17.5 Å². The number of imidazole rings is 1. The second kappa shape index (κ2) is 16.3. The molecule has 0 saturated heterocycles. The molecule has 16 heteroatoms. The van der Waals surface area contributed by atoms with Crippen molar-refractivity contribution < 1.29 is 29.4 Å². The molecule has 0 aliphatic heterocycles. The molecular formula is C20H35N9O6S. The van der Waals surface area contributed by atoms with Crippen LogP contribution in [0.2, 0.25) is 0 Å². The van der Waals surface area contributed by atoms with Crippen LogP contribution in [-0.4, -0.2) is 99.2 Å². The molecule has 1 heterocycles. The summed E-state index contributed by atoms with van der Waals surface area (Å²) in [5.74, 6) is -3.01. The largest absolute Gasteiger partial charge is 0.480 e. The van der Waals surface area contributed by atoms with Crippen molar-refractivity contribution in [1.82, 2.24) is 25.9 Å². The molecule has 202 valence electrons. The summed E-state index contributed by atoms with van der Waals surface area (Å²) in [7, 11) is 0. The Bertz CT molecular complexity index is 879. The third-order valence-electron chi connectivity index (χ3n) is 4.96. The van der Waals surface area contributed by atoms with Crippen molar-refractivity contribution in [1.29, 1.82) is 0 Å². The highest BCUT2D eigenvalue weighted by Gasteiger charge is 2.30. The molecule has 0 fully saturated rings. The van der Waals surface area contributed by atoms with E-state index in [2.05, 4.69) is 30.9 Å². The summed E-state index contributed by atoms with van der Waals surface area (Å²) in [5, 5.41) is 25.7. The Morgan fingerprint density at radius 2 is 1.72 bits per heavy atom. The van der Waals surface area contributed by atoms with Crippen molar-refractivity contribution in [2.75, 3.05) is 25.2 Å². The number of amides is 3. The summed E-state index contributed by atoms with van der Waals surface area (Å²) < 4.78 is 0. The molecule has 0 spiro atoms. The lowest BCUT2D eigenvalue weighted by Crippen LogP contribution is -2.58. The van der Waals surface area contributed by atoms with Crippen molar-refractivity contribution in [2.24, 2.45) is 22.2 Å². The first-order valence-corrected chi connectivity index (χ1v) is 12.5. The lowest BCUT2D eigenvalue weighted by molar-refractivity contribution is -0.143. The van der Waals surface area contributed by atoms with E-state index in [4.69, 9.17) is 22.3 Å². The molecule has 0 aliphatic carbocycles. The van der Waals surface area contributed by atoms with E-state index in [0.29, 0.717) is 17.9 Å². The highest BCUT2D eigenvalue weighted by Crippen LogP contribution is 2.05. The number of hydrogen-bond acceptors (Lipinski definition) is 9. The van der Waals surface area contributed by atoms with Crippen LogP contribution >= 0.6 is 11.8 Å². The Morgan fingerprint density at radius 3 is 2.28 bits per heavy atom. The van der Waals surface area contributed by atoms with Crippen LogP contribution in [0.5, 0.6) is 0 Å². The number of nitrogens with zero attached hydrogens (tertiary/aromatic N) is 2. The SMILES string of the molecule is CSCCC(N)C(=O)NC(Cc1cnc[nH]1)C(=O)NC(CCCN=C(N)N)C(=O)NC(CO)C(=O)O. The molecule has 12 N–H and O–H groups in total. The molecule has 1 aromatic rings. The highest BCUT2D eigenvalue weighted by molar-refractivity contribution is 7.98. The van der Waals surface area contributed by atoms with Crippen LogP contribution < -0.4 is 33.2 Å². The standard InChI is InChI=1S/C20H35N9O6S/c1-36-6-4-12(21)16(31)28-14(7-11-8-24-10-26-11)18(33)27-13(3-2-5-25-20(22)23)17(32)29-15(9-30)19(34)35/h8,10,12-15,30H,2-7,9,21H2,1H3,(H,24,26)(H,27,33)(H,28,31)(H,29,32)(H,34,35)(H4,22,23,25). The second-order valence-corrected chi connectivity index (χ2v) is 8.81. The van der Waals surface area contributed by atoms with E-state index in [-0.39, 0.29) is 31.8 Å². The van der Waals surface area contributed by atoms with E-state index in [9.17, 15) is 24.3 Å². The third kappa shape index (κ3) is 11.4. The number of carbonyl (C=O) groups excluding carboxylic acids is 3. The number of aliphatic imine (C=N–C) groups is 1. The van der Waals surface area contributed by atoms with E-state index in [0.717, 1.165) is 0 Å². The van der Waals surface area contributed by atoms with Crippen LogP contribution in [-0.2, 0) is 25.6 Å². The number of rotatable bonds is 17. The molecule has 0 aromatic carbocycles. The van der Waals surface area contributed by atoms with E-state index < -0.39 is 54.5 Å². The second-order valence-electron chi connectivity index (χ2n) is 7.82. The van der Waals surface area contributed by atoms with Gasteiger partial charge < -0.3 is 48.3 Å². The van der Waals surface area contributed by atoms with Crippen molar-refractivity contribution in [3.05, 3.63) is 18.2 Å². The Morgan fingerprint density at radius 1 is 1.08 bits per heavy atom. The predicted octanol–water partition coefficient (Wildman–Crippen LogP) is -3.38. The maximum atomic E-state index is 13.2. The topological polar surface area (TPSA) is 264 Å². The van der Waals surface area contributed by atoms with Gasteiger partial charge in [-0.3, -0.25) is 19.4 Å². The summed E-state index contributed by atoms with van der Waals surface area (Å²) in [6.07, 6.45) is 5.52. The molecular weight excluding hydrogens is 494 g/mol. The van der Waals surface area contributed by atoms with Gasteiger partial charge in [0.25, 0.3) is 0 Å². The van der Waals surface area contributed by atoms with Crippen molar-refractivity contribution in [3.63, 3.8) is 0 Å². The van der Waals surface area contributed by atoms with Gasteiger partial charge in [0.1, 0.15) is 18.1 Å². The number of H-pyrrole nitrogens is 1. The molecule has 0 radical (unpaired) electrons. The fourth-order valence-corrected chi connectivity index (χ4v) is 3.47. The minimum absolute atomic E-state index is 0.0313. The minimum Gasteiger partial charge on any atom is -0.480 e. The van der Waals surface area contributed by atoms with Gasteiger partial charge in [0.15, 0.2) is 5.96 Å². The molecule has 36 heavy (non-hydrogen) atoms. The predicted molar refractivity (Wildman–Crippen MR) is 134 cm³/mol. The summed E-state index contributed by atoms with van der Waals surface area (Å²) in [6.45, 7) is -0.689. The zero-order chi connectivity index (χ0) is 27.1. The molecule has 4 atom stereocenters. The molecule has 1 aromatic heterocycles. The number of aromatic amines is 1. The maximum absolute atomic E-state index is 13.2. The molecule has 3 amide bonds. The van der Waals surface area contributed by atoms with Gasteiger partial charge in [0.05, 0.1) is 19.0 Å². The fraction of sp³-hybridized carbons (Fsp3) is 0.600. The Labute approximate surface area is 212 Å².